The number of allylic oxidation sites excluding steroid dienone is 8. The van der Waals surface area contributed by atoms with Gasteiger partial charge in [-0.05, 0) is 18.3 Å². The van der Waals surface area contributed by atoms with Crippen molar-refractivity contribution >= 4 is 46.4 Å². The lowest BCUT2D eigenvalue weighted by molar-refractivity contribution is 0.493. The van der Waals surface area contributed by atoms with E-state index in [0.29, 0.717) is 15.8 Å². The second-order valence-corrected chi connectivity index (χ2v) is 6.25. The molecule has 0 amide bonds. The fourth-order valence-electron chi connectivity index (χ4n) is 1.95. The fraction of sp³-hybridized carbons (Fsp3) is 0.333. The van der Waals surface area contributed by atoms with Gasteiger partial charge in [0.2, 0.25) is 0 Å². The molecule has 0 saturated carbocycles. The van der Waals surface area contributed by atoms with Crippen molar-refractivity contribution in [3.8, 4) is 0 Å². The minimum Gasteiger partial charge on any atom is -0.0998 e. The van der Waals surface area contributed by atoms with E-state index in [1.807, 2.05) is 6.08 Å². The molecule has 0 nitrogen and oxygen atoms in total. The van der Waals surface area contributed by atoms with Gasteiger partial charge < -0.3 is 0 Å². The second kappa shape index (κ2) is 5.04. The molecule has 1 unspecified atom stereocenters. The van der Waals surface area contributed by atoms with Gasteiger partial charge in [-0.25, -0.2) is 0 Å². The van der Waals surface area contributed by atoms with Gasteiger partial charge in [-0.1, -0.05) is 80.4 Å². The topological polar surface area (TPSA) is 0 Å². The van der Waals surface area contributed by atoms with Gasteiger partial charge in [0.15, 0.2) is 0 Å². The van der Waals surface area contributed by atoms with Crippen molar-refractivity contribution in [3.63, 3.8) is 0 Å². The van der Waals surface area contributed by atoms with E-state index >= 15 is 0 Å². The van der Waals surface area contributed by atoms with Gasteiger partial charge >= 0.3 is 0 Å². The van der Waals surface area contributed by atoms with Crippen LogP contribution in [0, 0.1) is 11.8 Å². The Morgan fingerprint density at radius 1 is 1.33 bits per heavy atom. The molecule has 3 atom stereocenters. The second-order valence-electron chi connectivity index (χ2n) is 3.90. The molecule has 0 saturated heterocycles. The molecule has 0 aromatic rings. The highest BCUT2D eigenvalue weighted by molar-refractivity contribution is 14.1. The zero-order valence-corrected chi connectivity index (χ0v) is 12.0. The maximum Gasteiger partial charge on any atom is 0.113 e. The van der Waals surface area contributed by atoms with Gasteiger partial charge in [0.05, 0.1) is 0 Å². The van der Waals surface area contributed by atoms with Gasteiger partial charge in [-0.2, -0.15) is 0 Å². The average molecular weight is 373 g/mol. The van der Waals surface area contributed by atoms with Crippen LogP contribution in [0.4, 0.5) is 0 Å². The number of alkyl halides is 1. The Morgan fingerprint density at radius 3 is 2.73 bits per heavy atom. The first-order valence-electron chi connectivity index (χ1n) is 5.00. The summed E-state index contributed by atoms with van der Waals surface area (Å²) < 4.78 is 1.70. The zero-order chi connectivity index (χ0) is 10.8. The Morgan fingerprint density at radius 2 is 2.13 bits per heavy atom. The van der Waals surface area contributed by atoms with Crippen LogP contribution in [0.5, 0.6) is 0 Å². The van der Waals surface area contributed by atoms with E-state index in [2.05, 4.69) is 68.9 Å². The lowest BCUT2D eigenvalue weighted by atomic mass is 9.79. The van der Waals surface area contributed by atoms with E-state index in [-0.39, 0.29) is 0 Å². The van der Waals surface area contributed by atoms with E-state index in [1.54, 1.807) is 0 Å². The summed E-state index contributed by atoms with van der Waals surface area (Å²) in [5, 5.41) is 0. The van der Waals surface area contributed by atoms with E-state index in [4.69, 9.17) is 7.85 Å². The predicted molar refractivity (Wildman–Crippen MR) is 78.5 cm³/mol. The van der Waals surface area contributed by atoms with Crippen LogP contribution in [0.3, 0.4) is 0 Å². The van der Waals surface area contributed by atoms with Crippen LogP contribution in [0.1, 0.15) is 6.42 Å². The van der Waals surface area contributed by atoms with Crippen molar-refractivity contribution in [2.75, 3.05) is 0 Å². The molecule has 2 rings (SSSR count). The van der Waals surface area contributed by atoms with Crippen LogP contribution in [-0.4, -0.2) is 11.8 Å². The van der Waals surface area contributed by atoms with Crippen LogP contribution < -0.4 is 0 Å². The van der Waals surface area contributed by atoms with Crippen molar-refractivity contribution in [2.45, 2.75) is 10.3 Å². The van der Waals surface area contributed by atoms with Crippen LogP contribution >= 0.6 is 38.5 Å². The summed E-state index contributed by atoms with van der Waals surface area (Å²) in [5.41, 5.74) is 0.891. The first-order chi connectivity index (χ1) is 7.16. The van der Waals surface area contributed by atoms with Gasteiger partial charge in [-0.15, -0.1) is 0 Å². The summed E-state index contributed by atoms with van der Waals surface area (Å²) in [6, 6.07) is 0. The minimum atomic E-state index is 0.507. The largest absolute Gasteiger partial charge is 0.113 e. The van der Waals surface area contributed by atoms with Crippen LogP contribution in [-0.2, 0) is 0 Å². The number of halogens is 2. The van der Waals surface area contributed by atoms with Crippen molar-refractivity contribution < 1.29 is 0 Å². The Kier molecular flexibility index (Phi) is 3.94. The van der Waals surface area contributed by atoms with Crippen molar-refractivity contribution in [1.29, 1.82) is 0 Å². The fourth-order valence-corrected chi connectivity index (χ4v) is 3.48. The van der Waals surface area contributed by atoms with Crippen molar-refractivity contribution in [3.05, 3.63) is 46.4 Å². The molecular weight excluding hydrogens is 362 g/mol. The van der Waals surface area contributed by atoms with Gasteiger partial charge in [-0.3, -0.25) is 0 Å². The summed E-state index contributed by atoms with van der Waals surface area (Å²) in [6.45, 7) is 0. The Labute approximate surface area is 114 Å². The standard InChI is InChI=1S/C12H11BBrI/c13-9-3-6-11(12(15)7-9)8-1-4-10(14)5-2-8/h1,3-8,11-12H,2H2/t8-,11?,12+/m1/s1. The third kappa shape index (κ3) is 2.87. The van der Waals surface area contributed by atoms with Gasteiger partial charge in [0, 0.05) is 8.41 Å². The molecule has 2 radical (unpaired) electrons. The van der Waals surface area contributed by atoms with Crippen LogP contribution in [0.25, 0.3) is 0 Å². The maximum atomic E-state index is 5.77. The van der Waals surface area contributed by atoms with E-state index in [1.165, 1.54) is 4.48 Å². The van der Waals surface area contributed by atoms with Crippen molar-refractivity contribution in [1.82, 2.24) is 0 Å². The number of hydrogen-bond acceptors (Lipinski definition) is 0. The highest BCUT2D eigenvalue weighted by Crippen LogP contribution is 2.34. The first kappa shape index (κ1) is 11.7. The molecule has 0 N–H and O–H groups in total. The van der Waals surface area contributed by atoms with E-state index in [0.717, 1.165) is 11.9 Å². The first-order valence-corrected chi connectivity index (χ1v) is 7.04. The summed E-state index contributed by atoms with van der Waals surface area (Å²) >= 11 is 5.95. The quantitative estimate of drug-likeness (QED) is 0.372. The molecule has 2 aliphatic rings. The van der Waals surface area contributed by atoms with Crippen LogP contribution in [0.15, 0.2) is 46.4 Å². The molecule has 15 heavy (non-hydrogen) atoms. The zero-order valence-electron chi connectivity index (χ0n) is 8.24. The number of hydrogen-bond donors (Lipinski definition) is 0. The Hall–Kier alpha value is 0.235. The lowest BCUT2D eigenvalue weighted by Crippen LogP contribution is -2.22. The summed E-state index contributed by atoms with van der Waals surface area (Å²) in [5.74, 6) is 1.18. The third-order valence-electron chi connectivity index (χ3n) is 2.81. The molecule has 2 aliphatic carbocycles. The minimum absolute atomic E-state index is 0.507. The molecule has 76 valence electrons. The molecule has 0 aliphatic heterocycles. The lowest BCUT2D eigenvalue weighted by Gasteiger charge is -2.28. The van der Waals surface area contributed by atoms with Crippen molar-refractivity contribution in [2.24, 2.45) is 11.8 Å². The highest BCUT2D eigenvalue weighted by Gasteiger charge is 2.24. The maximum absolute atomic E-state index is 5.77. The van der Waals surface area contributed by atoms with Gasteiger partial charge in [0.25, 0.3) is 0 Å². The smallest absolute Gasteiger partial charge is 0.0998 e. The predicted octanol–water partition coefficient (Wildman–Crippen LogP) is 3.88. The third-order valence-corrected chi connectivity index (χ3v) is 4.59. The SMILES string of the molecule is [B]C1=C[C@H](I)C([C@@H]2C=CC(Br)=CC2)C=C1. The summed E-state index contributed by atoms with van der Waals surface area (Å²) in [7, 11) is 5.77. The Bertz CT molecular complexity index is 368. The Balaban J connectivity index is 2.08. The highest BCUT2D eigenvalue weighted by atomic mass is 127. The monoisotopic (exact) mass is 372 g/mol. The molecule has 0 aromatic heterocycles. The molecule has 3 heteroatoms. The van der Waals surface area contributed by atoms with Crippen LogP contribution in [0.2, 0.25) is 0 Å². The van der Waals surface area contributed by atoms with Gasteiger partial charge in [0.1, 0.15) is 7.85 Å². The van der Waals surface area contributed by atoms with E-state index < -0.39 is 0 Å². The summed E-state index contributed by atoms with van der Waals surface area (Å²) in [4.78, 5) is 0. The molecule has 0 fully saturated rings. The summed E-state index contributed by atoms with van der Waals surface area (Å²) in [6.07, 6.45) is 14.2. The normalized spacial score (nSPS) is 34.9. The molecule has 0 bridgehead atoms. The molecule has 0 spiro atoms. The van der Waals surface area contributed by atoms with E-state index in [9.17, 15) is 0 Å². The molecule has 0 aromatic carbocycles. The average Bonchev–Trinajstić information content (AvgIpc) is 2.20. The molecule has 0 heterocycles. The molecular formula is C12H11BBrI. The number of rotatable bonds is 1.